The van der Waals surface area contributed by atoms with Gasteiger partial charge in [-0.3, -0.25) is 9.67 Å². The van der Waals surface area contributed by atoms with Crippen LogP contribution in [0.15, 0.2) is 59.8 Å². The van der Waals surface area contributed by atoms with Crippen molar-refractivity contribution in [2.24, 2.45) is 0 Å². The third-order valence-corrected chi connectivity index (χ3v) is 6.84. The van der Waals surface area contributed by atoms with E-state index in [1.54, 1.807) is 10.9 Å². The number of halogens is 1. The molecule has 0 bridgehead atoms. The van der Waals surface area contributed by atoms with Gasteiger partial charge in [0.05, 0.1) is 41.6 Å². The summed E-state index contributed by atoms with van der Waals surface area (Å²) in [5.74, 6) is -0.633. The van der Waals surface area contributed by atoms with Gasteiger partial charge >= 0.3 is 0 Å². The number of benzene rings is 1. The molecule has 3 heterocycles. The van der Waals surface area contributed by atoms with Crippen molar-refractivity contribution in [1.82, 2.24) is 24.7 Å². The topological polar surface area (TPSA) is 119 Å². The van der Waals surface area contributed by atoms with E-state index in [-0.39, 0.29) is 17.6 Å². The van der Waals surface area contributed by atoms with Gasteiger partial charge in [0.2, 0.25) is 10.0 Å². The van der Waals surface area contributed by atoms with Crippen LogP contribution in [0.25, 0.3) is 11.4 Å². The molecule has 1 aliphatic rings. The Morgan fingerprint density at radius 3 is 2.81 bits per heavy atom. The van der Waals surface area contributed by atoms with Crippen molar-refractivity contribution in [2.45, 2.75) is 49.0 Å². The molecule has 0 unspecified atom stereocenters. The highest BCUT2D eigenvalue weighted by molar-refractivity contribution is 7.89. The molecule has 11 heteroatoms. The highest BCUT2D eigenvalue weighted by Crippen LogP contribution is 2.24. The standard InChI is InChI=1S/C21H24FN5O4S/c22-15-4-3-5-17(12-15)32(29,30)25-19-8-7-16(31-21(19)14-28)9-11-27-13-20(24-26-27)18-6-1-2-10-23-18/h1-6,10,12-13,16,19,21,25,28H,7-9,11,14H2/t16-,19-,21-/m0/s1. The smallest absolute Gasteiger partial charge is 0.241 e. The van der Waals surface area contributed by atoms with Gasteiger partial charge in [-0.25, -0.2) is 17.5 Å². The number of pyridine rings is 1. The van der Waals surface area contributed by atoms with Crippen LogP contribution in [0.1, 0.15) is 19.3 Å². The summed E-state index contributed by atoms with van der Waals surface area (Å²) in [4.78, 5) is 4.09. The van der Waals surface area contributed by atoms with Gasteiger partial charge in [0.1, 0.15) is 11.5 Å². The molecule has 2 aromatic heterocycles. The van der Waals surface area contributed by atoms with Crippen molar-refractivity contribution >= 4 is 10.0 Å². The molecule has 0 saturated carbocycles. The zero-order chi connectivity index (χ0) is 22.6. The van der Waals surface area contributed by atoms with E-state index in [1.165, 1.54) is 18.2 Å². The van der Waals surface area contributed by atoms with Crippen molar-refractivity contribution < 1.29 is 22.7 Å². The number of rotatable bonds is 8. The number of ether oxygens (including phenoxy) is 1. The van der Waals surface area contributed by atoms with Crippen LogP contribution in [0, 0.1) is 5.82 Å². The lowest BCUT2D eigenvalue weighted by Crippen LogP contribution is -2.50. The molecule has 9 nitrogen and oxygen atoms in total. The average Bonchev–Trinajstić information content (AvgIpc) is 3.28. The number of aliphatic hydroxyl groups is 1. The maximum absolute atomic E-state index is 13.4. The van der Waals surface area contributed by atoms with Gasteiger partial charge < -0.3 is 9.84 Å². The second kappa shape index (κ2) is 9.82. The summed E-state index contributed by atoms with van der Waals surface area (Å²) in [7, 11) is -3.93. The van der Waals surface area contributed by atoms with Crippen molar-refractivity contribution in [2.75, 3.05) is 6.61 Å². The minimum atomic E-state index is -3.93. The first-order chi connectivity index (χ1) is 15.4. The van der Waals surface area contributed by atoms with E-state index in [0.717, 1.165) is 11.8 Å². The number of sulfonamides is 1. The monoisotopic (exact) mass is 461 g/mol. The molecule has 3 aromatic rings. The predicted molar refractivity (Wildman–Crippen MR) is 113 cm³/mol. The first kappa shape index (κ1) is 22.5. The van der Waals surface area contributed by atoms with E-state index >= 15 is 0 Å². The van der Waals surface area contributed by atoms with E-state index in [9.17, 15) is 17.9 Å². The highest BCUT2D eigenvalue weighted by atomic mass is 32.2. The predicted octanol–water partition coefficient (Wildman–Crippen LogP) is 1.76. The molecule has 0 aliphatic carbocycles. The van der Waals surface area contributed by atoms with Crippen molar-refractivity contribution in [3.05, 3.63) is 60.7 Å². The number of aryl methyl sites for hydroxylation is 1. The van der Waals surface area contributed by atoms with Gasteiger partial charge in [0.25, 0.3) is 0 Å². The maximum Gasteiger partial charge on any atom is 0.241 e. The fourth-order valence-electron chi connectivity index (χ4n) is 3.70. The van der Waals surface area contributed by atoms with Crippen LogP contribution in [-0.2, 0) is 21.3 Å². The normalized spacial score (nSPS) is 21.5. The van der Waals surface area contributed by atoms with Crippen LogP contribution in [0.5, 0.6) is 0 Å². The first-order valence-corrected chi connectivity index (χ1v) is 11.8. The fourth-order valence-corrected chi connectivity index (χ4v) is 5.03. The van der Waals surface area contributed by atoms with Crippen LogP contribution < -0.4 is 4.72 Å². The van der Waals surface area contributed by atoms with E-state index in [2.05, 4.69) is 20.0 Å². The third kappa shape index (κ3) is 5.36. The van der Waals surface area contributed by atoms with Crippen LogP contribution in [0.3, 0.4) is 0 Å². The molecule has 3 atom stereocenters. The molecule has 1 saturated heterocycles. The molecular formula is C21H24FN5O4S. The lowest BCUT2D eigenvalue weighted by molar-refractivity contribution is -0.0891. The summed E-state index contributed by atoms with van der Waals surface area (Å²) in [5.41, 5.74) is 1.41. The molecule has 1 aromatic carbocycles. The van der Waals surface area contributed by atoms with Gasteiger partial charge in [0, 0.05) is 12.7 Å². The largest absolute Gasteiger partial charge is 0.394 e. The molecule has 0 amide bonds. The van der Waals surface area contributed by atoms with Gasteiger partial charge in [-0.15, -0.1) is 5.10 Å². The third-order valence-electron chi connectivity index (χ3n) is 5.35. The Morgan fingerprint density at radius 2 is 2.06 bits per heavy atom. The summed E-state index contributed by atoms with van der Waals surface area (Å²) in [6.45, 7) is 0.225. The Hall–Kier alpha value is -2.73. The number of hydrogen-bond acceptors (Lipinski definition) is 7. The number of aromatic nitrogens is 4. The van der Waals surface area contributed by atoms with Gasteiger partial charge in [-0.2, -0.15) is 0 Å². The molecule has 1 fully saturated rings. The number of aliphatic hydroxyl groups excluding tert-OH is 1. The maximum atomic E-state index is 13.4. The summed E-state index contributed by atoms with van der Waals surface area (Å²) in [5, 5.41) is 18.0. The van der Waals surface area contributed by atoms with Gasteiger partial charge in [0.15, 0.2) is 0 Å². The average molecular weight is 462 g/mol. The molecule has 1 aliphatic heterocycles. The van der Waals surface area contributed by atoms with Crippen LogP contribution in [0.2, 0.25) is 0 Å². The second-order valence-corrected chi connectivity index (χ2v) is 9.33. The lowest BCUT2D eigenvalue weighted by Gasteiger charge is -2.36. The Morgan fingerprint density at radius 1 is 1.19 bits per heavy atom. The lowest BCUT2D eigenvalue weighted by atomic mass is 9.98. The quantitative estimate of drug-likeness (QED) is 0.525. The van der Waals surface area contributed by atoms with Crippen LogP contribution in [-0.4, -0.2) is 58.4 Å². The van der Waals surface area contributed by atoms with Gasteiger partial charge in [-0.1, -0.05) is 17.3 Å². The Labute approximate surface area is 185 Å². The Balaban J connectivity index is 1.33. The van der Waals surface area contributed by atoms with Crippen molar-refractivity contribution in [3.63, 3.8) is 0 Å². The van der Waals surface area contributed by atoms with Crippen molar-refractivity contribution in [1.29, 1.82) is 0 Å². The van der Waals surface area contributed by atoms with Crippen LogP contribution in [0.4, 0.5) is 4.39 Å². The summed E-state index contributed by atoms with van der Waals surface area (Å²) in [6, 6.07) is 9.76. The number of nitrogens with zero attached hydrogens (tertiary/aromatic N) is 4. The Bertz CT molecular complexity index is 1140. The van der Waals surface area contributed by atoms with Crippen LogP contribution >= 0.6 is 0 Å². The fraction of sp³-hybridized carbons (Fsp3) is 0.381. The van der Waals surface area contributed by atoms with E-state index in [1.807, 2.05) is 24.4 Å². The summed E-state index contributed by atoms with van der Waals surface area (Å²) >= 11 is 0. The molecule has 2 N–H and O–H groups in total. The van der Waals surface area contributed by atoms with E-state index in [0.29, 0.717) is 31.5 Å². The second-order valence-electron chi connectivity index (χ2n) is 7.61. The molecule has 170 valence electrons. The summed E-state index contributed by atoms with van der Waals surface area (Å²) < 4.78 is 48.8. The number of nitrogens with one attached hydrogen (secondary N) is 1. The molecule has 0 radical (unpaired) electrons. The molecular weight excluding hydrogens is 437 g/mol. The molecule has 32 heavy (non-hydrogen) atoms. The SMILES string of the molecule is O=S(=O)(N[C@H]1CC[C@@H](CCn2cc(-c3ccccn3)nn2)O[C@H]1CO)c1cccc(F)c1. The highest BCUT2D eigenvalue weighted by Gasteiger charge is 2.34. The zero-order valence-corrected chi connectivity index (χ0v) is 18.0. The minimum Gasteiger partial charge on any atom is -0.394 e. The van der Waals surface area contributed by atoms with E-state index < -0.39 is 28.0 Å². The number of hydrogen-bond donors (Lipinski definition) is 2. The Kier molecular flexibility index (Phi) is 6.89. The van der Waals surface area contributed by atoms with Crippen molar-refractivity contribution in [3.8, 4) is 11.4 Å². The zero-order valence-electron chi connectivity index (χ0n) is 17.2. The van der Waals surface area contributed by atoms with E-state index in [4.69, 9.17) is 4.74 Å². The van der Waals surface area contributed by atoms with Gasteiger partial charge in [-0.05, 0) is 49.6 Å². The first-order valence-electron chi connectivity index (χ1n) is 10.3. The molecule has 0 spiro atoms. The molecule has 4 rings (SSSR count). The summed E-state index contributed by atoms with van der Waals surface area (Å²) in [6.07, 6.45) is 4.37. The minimum absolute atomic E-state index is 0.161.